The van der Waals surface area contributed by atoms with Crippen molar-refractivity contribution >= 4 is 27.5 Å². The van der Waals surface area contributed by atoms with Gasteiger partial charge in [0, 0.05) is 10.7 Å². The lowest BCUT2D eigenvalue weighted by atomic mass is 10.2. The fraction of sp³-hybridized carbons (Fsp3) is 0.0833. The summed E-state index contributed by atoms with van der Waals surface area (Å²) >= 11 is 9.29. The Labute approximate surface area is 107 Å². The lowest BCUT2D eigenvalue weighted by Crippen LogP contribution is -1.96. The van der Waals surface area contributed by atoms with E-state index in [1.807, 2.05) is 24.3 Å². The van der Waals surface area contributed by atoms with Gasteiger partial charge in [-0.15, -0.1) is 0 Å². The first-order valence-corrected chi connectivity index (χ1v) is 5.90. The minimum Gasteiger partial charge on any atom is -0.486 e. The number of hydrogen-bond acceptors (Lipinski definition) is 2. The van der Waals surface area contributed by atoms with Crippen LogP contribution >= 0.6 is 27.5 Å². The Morgan fingerprint density at radius 3 is 2.88 bits per heavy atom. The van der Waals surface area contributed by atoms with E-state index in [-0.39, 0.29) is 0 Å². The third-order valence-corrected chi connectivity index (χ3v) is 2.79. The Kier molecular flexibility index (Phi) is 3.80. The molecule has 0 aliphatic rings. The van der Waals surface area contributed by atoms with E-state index in [1.54, 1.807) is 18.3 Å². The Morgan fingerprint density at radius 2 is 2.12 bits per heavy atom. The van der Waals surface area contributed by atoms with Gasteiger partial charge >= 0.3 is 0 Å². The Bertz CT molecular complexity index is 490. The van der Waals surface area contributed by atoms with Crippen molar-refractivity contribution < 1.29 is 4.74 Å². The zero-order valence-electron chi connectivity index (χ0n) is 8.36. The summed E-state index contributed by atoms with van der Waals surface area (Å²) in [5, 5.41) is 0.387. The molecule has 1 aromatic heterocycles. The van der Waals surface area contributed by atoms with Gasteiger partial charge in [-0.05, 0) is 29.8 Å². The van der Waals surface area contributed by atoms with Crippen LogP contribution in [0.2, 0.25) is 5.15 Å². The first kappa shape index (κ1) is 11.4. The van der Waals surface area contributed by atoms with E-state index in [0.717, 1.165) is 10.0 Å². The van der Waals surface area contributed by atoms with Crippen LogP contribution in [-0.2, 0) is 6.61 Å². The molecule has 0 fully saturated rings. The SMILES string of the molecule is Clc1ncccc1OCc1cccc(Br)c1. The third kappa shape index (κ3) is 2.97. The molecule has 4 heteroatoms. The zero-order chi connectivity index (χ0) is 11.4. The van der Waals surface area contributed by atoms with Gasteiger partial charge in [-0.25, -0.2) is 4.98 Å². The van der Waals surface area contributed by atoms with Crippen LogP contribution in [0.15, 0.2) is 47.1 Å². The molecule has 0 amide bonds. The summed E-state index contributed by atoms with van der Waals surface area (Å²) in [5.41, 5.74) is 1.08. The predicted octanol–water partition coefficient (Wildman–Crippen LogP) is 4.08. The maximum absolute atomic E-state index is 5.88. The smallest absolute Gasteiger partial charge is 0.171 e. The highest BCUT2D eigenvalue weighted by Crippen LogP contribution is 2.22. The van der Waals surface area contributed by atoms with Crippen molar-refractivity contribution in [2.24, 2.45) is 0 Å². The molecule has 0 spiro atoms. The van der Waals surface area contributed by atoms with Crippen LogP contribution in [-0.4, -0.2) is 4.98 Å². The highest BCUT2D eigenvalue weighted by atomic mass is 79.9. The number of halogens is 2. The van der Waals surface area contributed by atoms with Gasteiger partial charge in [-0.1, -0.05) is 39.7 Å². The second kappa shape index (κ2) is 5.32. The van der Waals surface area contributed by atoms with E-state index < -0.39 is 0 Å². The summed E-state index contributed by atoms with van der Waals surface area (Å²) in [4.78, 5) is 3.94. The lowest BCUT2D eigenvalue weighted by molar-refractivity contribution is 0.305. The molecule has 1 aromatic carbocycles. The topological polar surface area (TPSA) is 22.1 Å². The molecule has 0 aliphatic carbocycles. The minimum atomic E-state index is 0.387. The molecule has 0 saturated carbocycles. The Balaban J connectivity index is 2.05. The molecule has 0 atom stereocenters. The Morgan fingerprint density at radius 1 is 1.25 bits per heavy atom. The van der Waals surface area contributed by atoms with Crippen LogP contribution in [0.4, 0.5) is 0 Å². The highest BCUT2D eigenvalue weighted by molar-refractivity contribution is 9.10. The van der Waals surface area contributed by atoms with Crippen LogP contribution in [0.3, 0.4) is 0 Å². The second-order valence-corrected chi connectivity index (χ2v) is 4.48. The second-order valence-electron chi connectivity index (χ2n) is 3.21. The van der Waals surface area contributed by atoms with Crippen molar-refractivity contribution in [3.63, 3.8) is 0 Å². The number of nitrogens with zero attached hydrogens (tertiary/aromatic N) is 1. The van der Waals surface area contributed by atoms with Gasteiger partial charge in [0.15, 0.2) is 10.9 Å². The molecule has 0 unspecified atom stereocenters. The average molecular weight is 299 g/mol. The molecule has 0 saturated heterocycles. The molecule has 0 bridgehead atoms. The van der Waals surface area contributed by atoms with E-state index >= 15 is 0 Å². The predicted molar refractivity (Wildman–Crippen MR) is 67.7 cm³/mol. The van der Waals surface area contributed by atoms with Gasteiger partial charge in [-0.2, -0.15) is 0 Å². The largest absolute Gasteiger partial charge is 0.486 e. The van der Waals surface area contributed by atoms with Gasteiger partial charge < -0.3 is 4.74 Å². The highest BCUT2D eigenvalue weighted by Gasteiger charge is 2.01. The van der Waals surface area contributed by atoms with E-state index in [2.05, 4.69) is 20.9 Å². The van der Waals surface area contributed by atoms with E-state index in [1.165, 1.54) is 0 Å². The number of benzene rings is 1. The van der Waals surface area contributed by atoms with E-state index in [4.69, 9.17) is 16.3 Å². The normalized spacial score (nSPS) is 10.1. The van der Waals surface area contributed by atoms with Crippen molar-refractivity contribution in [3.05, 3.63) is 57.8 Å². The fourth-order valence-electron chi connectivity index (χ4n) is 1.27. The molecule has 2 aromatic rings. The van der Waals surface area contributed by atoms with Crippen molar-refractivity contribution in [1.29, 1.82) is 0 Å². The first-order chi connectivity index (χ1) is 7.75. The van der Waals surface area contributed by atoms with Crippen LogP contribution < -0.4 is 4.74 Å². The average Bonchev–Trinajstić information content (AvgIpc) is 2.28. The fourth-order valence-corrected chi connectivity index (χ4v) is 1.89. The third-order valence-electron chi connectivity index (χ3n) is 2.01. The minimum absolute atomic E-state index is 0.387. The van der Waals surface area contributed by atoms with Gasteiger partial charge in [0.05, 0.1) is 0 Å². The summed E-state index contributed by atoms with van der Waals surface area (Å²) in [5.74, 6) is 0.601. The molecule has 2 rings (SSSR count). The van der Waals surface area contributed by atoms with Crippen molar-refractivity contribution in [2.45, 2.75) is 6.61 Å². The lowest BCUT2D eigenvalue weighted by Gasteiger charge is -2.07. The van der Waals surface area contributed by atoms with E-state index in [9.17, 15) is 0 Å². The number of pyridine rings is 1. The monoisotopic (exact) mass is 297 g/mol. The molecular formula is C12H9BrClNO. The number of rotatable bonds is 3. The molecule has 16 heavy (non-hydrogen) atoms. The maximum atomic E-state index is 5.88. The number of hydrogen-bond donors (Lipinski definition) is 0. The van der Waals surface area contributed by atoms with Crippen LogP contribution in [0, 0.1) is 0 Å². The van der Waals surface area contributed by atoms with Crippen molar-refractivity contribution in [1.82, 2.24) is 4.98 Å². The molecular weight excluding hydrogens is 289 g/mol. The summed E-state index contributed by atoms with van der Waals surface area (Å²) in [6, 6.07) is 11.5. The van der Waals surface area contributed by atoms with Gasteiger partial charge in [0.1, 0.15) is 6.61 Å². The van der Waals surface area contributed by atoms with Crippen molar-refractivity contribution in [3.8, 4) is 5.75 Å². The summed E-state index contributed by atoms with van der Waals surface area (Å²) in [7, 11) is 0. The summed E-state index contributed by atoms with van der Waals surface area (Å²) < 4.78 is 6.60. The molecule has 0 radical (unpaired) electrons. The number of aromatic nitrogens is 1. The molecule has 0 N–H and O–H groups in total. The van der Waals surface area contributed by atoms with Gasteiger partial charge in [0.25, 0.3) is 0 Å². The van der Waals surface area contributed by atoms with Crippen LogP contribution in [0.1, 0.15) is 5.56 Å². The summed E-state index contributed by atoms with van der Waals surface area (Å²) in [6.45, 7) is 0.477. The van der Waals surface area contributed by atoms with Crippen LogP contribution in [0.25, 0.3) is 0 Å². The van der Waals surface area contributed by atoms with Crippen molar-refractivity contribution in [2.75, 3.05) is 0 Å². The van der Waals surface area contributed by atoms with Gasteiger partial charge in [-0.3, -0.25) is 0 Å². The van der Waals surface area contributed by atoms with Gasteiger partial charge in [0.2, 0.25) is 0 Å². The quantitative estimate of drug-likeness (QED) is 0.797. The zero-order valence-corrected chi connectivity index (χ0v) is 10.7. The molecule has 2 nitrogen and oxygen atoms in total. The molecule has 1 heterocycles. The van der Waals surface area contributed by atoms with Crippen LogP contribution in [0.5, 0.6) is 5.75 Å². The van der Waals surface area contributed by atoms with E-state index in [0.29, 0.717) is 17.5 Å². The summed E-state index contributed by atoms with van der Waals surface area (Å²) in [6.07, 6.45) is 1.63. The standard InChI is InChI=1S/C12H9BrClNO/c13-10-4-1-3-9(7-10)8-16-11-5-2-6-15-12(11)14/h1-7H,8H2. The first-order valence-electron chi connectivity index (χ1n) is 4.73. The maximum Gasteiger partial charge on any atom is 0.171 e. The number of ether oxygens (including phenoxy) is 1. The molecule has 0 aliphatic heterocycles. The Hall–Kier alpha value is -1.06. The molecule has 82 valence electrons.